The van der Waals surface area contributed by atoms with Crippen LogP contribution in [0.3, 0.4) is 0 Å². The molecule has 1 aliphatic carbocycles. The largest absolute Gasteiger partial charge is 0.353 e. The second-order valence-electron chi connectivity index (χ2n) is 7.38. The first-order chi connectivity index (χ1) is 13.2. The van der Waals surface area contributed by atoms with Crippen molar-refractivity contribution in [3.05, 3.63) is 30.1 Å². The summed E-state index contributed by atoms with van der Waals surface area (Å²) < 4.78 is 1.79. The van der Waals surface area contributed by atoms with Gasteiger partial charge in [0.15, 0.2) is 5.65 Å². The van der Waals surface area contributed by atoms with Crippen LogP contribution in [0.5, 0.6) is 0 Å². The van der Waals surface area contributed by atoms with Crippen molar-refractivity contribution in [2.45, 2.75) is 32.1 Å². The first kappa shape index (κ1) is 16.4. The zero-order valence-corrected chi connectivity index (χ0v) is 15.8. The summed E-state index contributed by atoms with van der Waals surface area (Å²) in [5, 5.41) is 5.34. The summed E-state index contributed by atoms with van der Waals surface area (Å²) in [7, 11) is 1.91. The molecule has 0 atom stereocenters. The van der Waals surface area contributed by atoms with E-state index in [9.17, 15) is 0 Å². The number of piperazine rings is 1. The van der Waals surface area contributed by atoms with Crippen molar-refractivity contribution in [3.8, 4) is 0 Å². The SMILES string of the molecule is CCc1cc(N2CCN(c3ncnc4c3cnn4C)CC2)nc(C2CC2)n1. The van der Waals surface area contributed by atoms with Gasteiger partial charge in [0, 0.05) is 50.9 Å². The van der Waals surface area contributed by atoms with Crippen molar-refractivity contribution in [2.24, 2.45) is 7.05 Å². The fraction of sp³-hybridized carbons (Fsp3) is 0.526. The van der Waals surface area contributed by atoms with Gasteiger partial charge in [-0.2, -0.15) is 5.10 Å². The molecule has 2 fully saturated rings. The summed E-state index contributed by atoms with van der Waals surface area (Å²) in [6, 6.07) is 2.16. The monoisotopic (exact) mass is 364 g/mol. The van der Waals surface area contributed by atoms with Crippen LogP contribution < -0.4 is 9.80 Å². The number of rotatable bonds is 4. The normalized spacial score (nSPS) is 17.7. The first-order valence-corrected chi connectivity index (χ1v) is 9.73. The van der Waals surface area contributed by atoms with Gasteiger partial charge in [-0.1, -0.05) is 6.92 Å². The van der Waals surface area contributed by atoms with Gasteiger partial charge in [0.1, 0.15) is 23.8 Å². The number of anilines is 2. The van der Waals surface area contributed by atoms with Gasteiger partial charge in [-0.3, -0.25) is 4.68 Å². The predicted octanol–water partition coefficient (Wildman–Crippen LogP) is 1.92. The third-order valence-electron chi connectivity index (χ3n) is 5.50. The summed E-state index contributed by atoms with van der Waals surface area (Å²) in [4.78, 5) is 23.2. The molecule has 140 valence electrons. The maximum Gasteiger partial charge on any atom is 0.163 e. The Hall–Kier alpha value is -2.77. The fourth-order valence-corrected chi connectivity index (χ4v) is 3.72. The van der Waals surface area contributed by atoms with Crippen molar-refractivity contribution < 1.29 is 0 Å². The Morgan fingerprint density at radius 3 is 2.56 bits per heavy atom. The average Bonchev–Trinajstić information content (AvgIpc) is 3.51. The molecule has 1 aliphatic heterocycles. The zero-order chi connectivity index (χ0) is 18.4. The molecule has 1 saturated carbocycles. The molecule has 8 heteroatoms. The lowest BCUT2D eigenvalue weighted by Crippen LogP contribution is -2.47. The molecule has 5 rings (SSSR count). The molecule has 2 aliphatic rings. The van der Waals surface area contributed by atoms with Crippen LogP contribution in [-0.2, 0) is 13.5 Å². The lowest BCUT2D eigenvalue weighted by atomic mass is 10.2. The van der Waals surface area contributed by atoms with E-state index >= 15 is 0 Å². The van der Waals surface area contributed by atoms with Gasteiger partial charge in [0.25, 0.3) is 0 Å². The Balaban J connectivity index is 1.36. The summed E-state index contributed by atoms with van der Waals surface area (Å²) in [5.41, 5.74) is 2.03. The highest BCUT2D eigenvalue weighted by molar-refractivity contribution is 5.86. The molecule has 8 nitrogen and oxygen atoms in total. The van der Waals surface area contributed by atoms with E-state index in [2.05, 4.69) is 37.9 Å². The Morgan fingerprint density at radius 2 is 1.81 bits per heavy atom. The van der Waals surface area contributed by atoms with Crippen LogP contribution in [0, 0.1) is 0 Å². The molecule has 0 spiro atoms. The molecule has 0 unspecified atom stereocenters. The summed E-state index contributed by atoms with van der Waals surface area (Å²) in [6.45, 7) is 5.83. The topological polar surface area (TPSA) is 75.9 Å². The minimum absolute atomic E-state index is 0.580. The van der Waals surface area contributed by atoms with Gasteiger partial charge in [0.05, 0.1) is 11.6 Å². The standard InChI is InChI=1S/C19H24N8/c1-3-14-10-16(24-17(23-14)13-4-5-13)26-6-8-27(9-7-26)19-15-11-22-25(2)18(15)20-12-21-19/h10-13H,3-9H2,1-2H3. The average molecular weight is 364 g/mol. The summed E-state index contributed by atoms with van der Waals surface area (Å²) >= 11 is 0. The number of fused-ring (bicyclic) bond motifs is 1. The van der Waals surface area contributed by atoms with Crippen LogP contribution in [0.15, 0.2) is 18.6 Å². The molecule has 0 amide bonds. The van der Waals surface area contributed by atoms with Crippen LogP contribution >= 0.6 is 0 Å². The molecule has 1 saturated heterocycles. The number of aromatic nitrogens is 6. The van der Waals surface area contributed by atoms with Crippen molar-refractivity contribution >= 4 is 22.7 Å². The fourth-order valence-electron chi connectivity index (χ4n) is 3.72. The lowest BCUT2D eigenvalue weighted by Gasteiger charge is -2.36. The highest BCUT2D eigenvalue weighted by Crippen LogP contribution is 2.38. The smallest absolute Gasteiger partial charge is 0.163 e. The minimum atomic E-state index is 0.580. The minimum Gasteiger partial charge on any atom is -0.353 e. The van der Waals surface area contributed by atoms with E-state index in [1.165, 1.54) is 12.8 Å². The van der Waals surface area contributed by atoms with Crippen molar-refractivity contribution in [2.75, 3.05) is 36.0 Å². The van der Waals surface area contributed by atoms with Gasteiger partial charge in [-0.05, 0) is 19.3 Å². The quantitative estimate of drug-likeness (QED) is 0.700. The van der Waals surface area contributed by atoms with Crippen molar-refractivity contribution in [1.29, 1.82) is 0 Å². The molecule has 3 aromatic heterocycles. The van der Waals surface area contributed by atoms with Gasteiger partial charge < -0.3 is 9.80 Å². The zero-order valence-electron chi connectivity index (χ0n) is 15.8. The van der Waals surface area contributed by atoms with Crippen molar-refractivity contribution in [3.63, 3.8) is 0 Å². The van der Waals surface area contributed by atoms with E-state index < -0.39 is 0 Å². The molecule has 4 heterocycles. The van der Waals surface area contributed by atoms with E-state index in [1.807, 2.05) is 13.2 Å². The van der Waals surface area contributed by atoms with Crippen LogP contribution in [0.4, 0.5) is 11.6 Å². The molecular formula is C19H24N8. The third kappa shape index (κ3) is 2.98. The Morgan fingerprint density at radius 1 is 1.04 bits per heavy atom. The van der Waals surface area contributed by atoms with E-state index in [1.54, 1.807) is 11.0 Å². The van der Waals surface area contributed by atoms with Crippen LogP contribution in [0.2, 0.25) is 0 Å². The Bertz CT molecular complexity index is 969. The molecular weight excluding hydrogens is 340 g/mol. The van der Waals surface area contributed by atoms with Gasteiger partial charge in [0.2, 0.25) is 0 Å². The number of nitrogens with zero attached hydrogens (tertiary/aromatic N) is 8. The highest BCUT2D eigenvalue weighted by atomic mass is 15.3. The highest BCUT2D eigenvalue weighted by Gasteiger charge is 2.28. The van der Waals surface area contributed by atoms with Crippen LogP contribution in [0.25, 0.3) is 11.0 Å². The van der Waals surface area contributed by atoms with E-state index in [0.29, 0.717) is 5.92 Å². The Labute approximate surface area is 158 Å². The van der Waals surface area contributed by atoms with Crippen LogP contribution in [0.1, 0.15) is 37.2 Å². The maximum atomic E-state index is 4.88. The predicted molar refractivity (Wildman–Crippen MR) is 104 cm³/mol. The van der Waals surface area contributed by atoms with E-state index in [4.69, 9.17) is 9.97 Å². The van der Waals surface area contributed by atoms with Gasteiger partial charge >= 0.3 is 0 Å². The van der Waals surface area contributed by atoms with Gasteiger partial charge in [-0.15, -0.1) is 0 Å². The number of hydrogen-bond acceptors (Lipinski definition) is 7. The molecule has 3 aromatic rings. The first-order valence-electron chi connectivity index (χ1n) is 9.73. The molecule has 0 N–H and O–H groups in total. The number of aryl methyl sites for hydroxylation is 2. The Kier molecular flexibility index (Phi) is 3.91. The molecule has 0 bridgehead atoms. The maximum absolute atomic E-state index is 4.88. The van der Waals surface area contributed by atoms with E-state index in [0.717, 1.165) is 66.8 Å². The van der Waals surface area contributed by atoms with Gasteiger partial charge in [-0.25, -0.2) is 19.9 Å². The molecule has 0 radical (unpaired) electrons. The summed E-state index contributed by atoms with van der Waals surface area (Å²) in [6.07, 6.45) is 6.90. The molecule has 0 aromatic carbocycles. The lowest BCUT2D eigenvalue weighted by molar-refractivity contribution is 0.639. The molecule has 27 heavy (non-hydrogen) atoms. The number of hydrogen-bond donors (Lipinski definition) is 0. The van der Waals surface area contributed by atoms with Crippen LogP contribution in [-0.4, -0.2) is 55.9 Å². The summed E-state index contributed by atoms with van der Waals surface area (Å²) in [5.74, 6) is 3.68. The second kappa shape index (κ2) is 6.44. The third-order valence-corrected chi connectivity index (χ3v) is 5.50. The van der Waals surface area contributed by atoms with E-state index in [-0.39, 0.29) is 0 Å². The second-order valence-corrected chi connectivity index (χ2v) is 7.38. The van der Waals surface area contributed by atoms with Crippen molar-refractivity contribution in [1.82, 2.24) is 29.7 Å².